The number of nitrogens with zero attached hydrogens (tertiary/aromatic N) is 3. The second kappa shape index (κ2) is 11.1. The van der Waals surface area contributed by atoms with E-state index in [0.717, 1.165) is 40.1 Å². The summed E-state index contributed by atoms with van der Waals surface area (Å²) in [6.45, 7) is 4.80. The van der Waals surface area contributed by atoms with Gasteiger partial charge in [0.25, 0.3) is 0 Å². The zero-order valence-corrected chi connectivity index (χ0v) is 19.8. The molecule has 0 fully saturated rings. The number of hydrogen-bond acceptors (Lipinski definition) is 5. The molecule has 0 aliphatic carbocycles. The maximum atomic E-state index is 12.2. The molecular formula is C21H22Cl2N4OS2. The summed E-state index contributed by atoms with van der Waals surface area (Å²) in [5.41, 5.74) is 2.99. The van der Waals surface area contributed by atoms with Crippen LogP contribution < -0.4 is 5.32 Å². The number of thioether (sulfide) groups is 2. The molecule has 9 heteroatoms. The SMILES string of the molecule is CCn1c(CSCc2ccc(Cl)cc2Cl)nnc1SCC(=O)Nc1ccc(C)cc1. The number of rotatable bonds is 9. The summed E-state index contributed by atoms with van der Waals surface area (Å²) in [6.07, 6.45) is 0. The van der Waals surface area contributed by atoms with Crippen LogP contribution >= 0.6 is 46.7 Å². The van der Waals surface area contributed by atoms with Crippen molar-refractivity contribution >= 4 is 58.3 Å². The van der Waals surface area contributed by atoms with Gasteiger partial charge in [0, 0.05) is 28.0 Å². The molecule has 1 heterocycles. The maximum absolute atomic E-state index is 12.2. The number of hydrogen-bond donors (Lipinski definition) is 1. The van der Waals surface area contributed by atoms with Crippen LogP contribution in [-0.2, 0) is 22.8 Å². The Hall–Kier alpha value is -1.67. The van der Waals surface area contributed by atoms with E-state index in [4.69, 9.17) is 23.2 Å². The van der Waals surface area contributed by atoms with Gasteiger partial charge in [0.05, 0.1) is 11.5 Å². The normalized spacial score (nSPS) is 10.9. The third kappa shape index (κ3) is 6.41. The summed E-state index contributed by atoms with van der Waals surface area (Å²) in [4.78, 5) is 12.2. The molecule has 1 aromatic heterocycles. The summed E-state index contributed by atoms with van der Waals surface area (Å²) < 4.78 is 2.04. The van der Waals surface area contributed by atoms with E-state index in [9.17, 15) is 4.79 Å². The van der Waals surface area contributed by atoms with Gasteiger partial charge in [0.1, 0.15) is 5.82 Å². The van der Waals surface area contributed by atoms with E-state index in [0.29, 0.717) is 15.8 Å². The predicted molar refractivity (Wildman–Crippen MR) is 128 cm³/mol. The lowest BCUT2D eigenvalue weighted by Gasteiger charge is -2.08. The van der Waals surface area contributed by atoms with Crippen molar-refractivity contribution in [2.45, 2.75) is 37.1 Å². The predicted octanol–water partition coefficient (Wildman–Crippen LogP) is 6.08. The van der Waals surface area contributed by atoms with Crippen LogP contribution in [0.15, 0.2) is 47.6 Å². The molecule has 0 aliphatic heterocycles. The molecule has 3 aromatic rings. The van der Waals surface area contributed by atoms with Gasteiger partial charge in [-0.2, -0.15) is 0 Å². The highest BCUT2D eigenvalue weighted by molar-refractivity contribution is 7.99. The number of aromatic nitrogens is 3. The van der Waals surface area contributed by atoms with Gasteiger partial charge >= 0.3 is 0 Å². The summed E-state index contributed by atoms with van der Waals surface area (Å²) in [6, 6.07) is 13.3. The van der Waals surface area contributed by atoms with E-state index in [1.165, 1.54) is 11.8 Å². The summed E-state index contributed by atoms with van der Waals surface area (Å²) in [5, 5.41) is 13.5. The molecule has 0 radical (unpaired) electrons. The summed E-state index contributed by atoms with van der Waals surface area (Å²) in [7, 11) is 0. The first-order valence-corrected chi connectivity index (χ1v) is 12.3. The molecule has 2 aromatic carbocycles. The van der Waals surface area contributed by atoms with Crippen molar-refractivity contribution in [3.8, 4) is 0 Å². The Bertz CT molecular complexity index is 1010. The molecule has 5 nitrogen and oxygen atoms in total. The topological polar surface area (TPSA) is 59.8 Å². The molecule has 30 heavy (non-hydrogen) atoms. The van der Waals surface area contributed by atoms with Gasteiger partial charge in [0.2, 0.25) is 5.91 Å². The van der Waals surface area contributed by atoms with Crippen LogP contribution in [0.2, 0.25) is 10.0 Å². The van der Waals surface area contributed by atoms with Gasteiger partial charge in [-0.15, -0.1) is 22.0 Å². The molecule has 0 spiro atoms. The average molecular weight is 481 g/mol. The Morgan fingerprint density at radius 2 is 1.87 bits per heavy atom. The molecule has 0 aliphatic rings. The number of benzene rings is 2. The van der Waals surface area contributed by atoms with Crippen LogP contribution in [0, 0.1) is 6.92 Å². The quantitative estimate of drug-likeness (QED) is 0.376. The van der Waals surface area contributed by atoms with Crippen molar-refractivity contribution in [1.29, 1.82) is 0 Å². The Morgan fingerprint density at radius 3 is 2.57 bits per heavy atom. The van der Waals surface area contributed by atoms with Crippen molar-refractivity contribution in [1.82, 2.24) is 14.8 Å². The van der Waals surface area contributed by atoms with Crippen LogP contribution in [0.25, 0.3) is 0 Å². The van der Waals surface area contributed by atoms with Gasteiger partial charge in [-0.1, -0.05) is 58.7 Å². The van der Waals surface area contributed by atoms with E-state index in [2.05, 4.69) is 15.5 Å². The van der Waals surface area contributed by atoms with Crippen LogP contribution in [-0.4, -0.2) is 26.4 Å². The second-order valence-corrected chi connectivity index (χ2v) is 9.35. The van der Waals surface area contributed by atoms with Crippen molar-refractivity contribution in [2.75, 3.05) is 11.1 Å². The average Bonchev–Trinajstić information content (AvgIpc) is 3.11. The Kier molecular flexibility index (Phi) is 8.50. The van der Waals surface area contributed by atoms with Crippen molar-refractivity contribution < 1.29 is 4.79 Å². The molecule has 0 bridgehead atoms. The summed E-state index contributed by atoms with van der Waals surface area (Å²) >= 11 is 15.3. The van der Waals surface area contributed by atoms with E-state index in [-0.39, 0.29) is 11.7 Å². The van der Waals surface area contributed by atoms with Gasteiger partial charge < -0.3 is 9.88 Å². The molecule has 1 amide bonds. The van der Waals surface area contributed by atoms with Gasteiger partial charge in [-0.25, -0.2) is 0 Å². The third-order valence-electron chi connectivity index (χ3n) is 4.28. The number of carbonyl (C=O) groups excluding carboxylic acids is 1. The van der Waals surface area contributed by atoms with E-state index < -0.39 is 0 Å². The first-order valence-electron chi connectivity index (χ1n) is 9.39. The van der Waals surface area contributed by atoms with E-state index in [1.54, 1.807) is 17.8 Å². The smallest absolute Gasteiger partial charge is 0.234 e. The number of anilines is 1. The molecular weight excluding hydrogens is 459 g/mol. The lowest BCUT2D eigenvalue weighted by atomic mass is 10.2. The fraction of sp³-hybridized carbons (Fsp3) is 0.286. The highest BCUT2D eigenvalue weighted by atomic mass is 35.5. The largest absolute Gasteiger partial charge is 0.325 e. The number of halogens is 2. The maximum Gasteiger partial charge on any atom is 0.234 e. The van der Waals surface area contributed by atoms with Crippen molar-refractivity contribution in [2.24, 2.45) is 0 Å². The van der Waals surface area contributed by atoms with Gasteiger partial charge in [-0.05, 0) is 43.7 Å². The molecule has 3 rings (SSSR count). The monoisotopic (exact) mass is 480 g/mol. The molecule has 158 valence electrons. The number of nitrogens with one attached hydrogen (secondary N) is 1. The Morgan fingerprint density at radius 1 is 1.10 bits per heavy atom. The van der Waals surface area contributed by atoms with Crippen molar-refractivity contribution in [3.05, 3.63) is 69.5 Å². The van der Waals surface area contributed by atoms with Crippen LogP contribution in [0.5, 0.6) is 0 Å². The lowest BCUT2D eigenvalue weighted by Crippen LogP contribution is -2.14. The minimum absolute atomic E-state index is 0.0668. The van der Waals surface area contributed by atoms with Gasteiger partial charge in [-0.3, -0.25) is 4.79 Å². The number of carbonyl (C=O) groups is 1. The molecule has 1 N–H and O–H groups in total. The number of amides is 1. The second-order valence-electron chi connectivity index (χ2n) is 6.57. The molecule has 0 saturated heterocycles. The first kappa shape index (κ1) is 23.0. The lowest BCUT2D eigenvalue weighted by molar-refractivity contribution is -0.113. The number of aryl methyl sites for hydroxylation is 1. The van der Waals surface area contributed by atoms with Crippen LogP contribution in [0.3, 0.4) is 0 Å². The fourth-order valence-corrected chi connectivity index (χ4v) is 5.05. The zero-order chi connectivity index (χ0) is 21.5. The van der Waals surface area contributed by atoms with E-state index in [1.807, 2.05) is 54.8 Å². The third-order valence-corrected chi connectivity index (χ3v) is 6.81. The highest BCUT2D eigenvalue weighted by Crippen LogP contribution is 2.27. The van der Waals surface area contributed by atoms with Crippen molar-refractivity contribution in [3.63, 3.8) is 0 Å². The summed E-state index contributed by atoms with van der Waals surface area (Å²) in [5.74, 6) is 2.56. The molecule has 0 unspecified atom stereocenters. The van der Waals surface area contributed by atoms with Crippen LogP contribution in [0.1, 0.15) is 23.9 Å². The highest BCUT2D eigenvalue weighted by Gasteiger charge is 2.14. The Balaban J connectivity index is 1.53. The molecule has 0 saturated carbocycles. The first-order chi connectivity index (χ1) is 14.5. The zero-order valence-electron chi connectivity index (χ0n) is 16.7. The minimum atomic E-state index is -0.0668. The Labute approximate surface area is 194 Å². The van der Waals surface area contributed by atoms with E-state index >= 15 is 0 Å². The van der Waals surface area contributed by atoms with Gasteiger partial charge in [0.15, 0.2) is 5.16 Å². The van der Waals surface area contributed by atoms with Crippen LogP contribution in [0.4, 0.5) is 5.69 Å². The standard InChI is InChI=1S/C21H22Cl2N4OS2/c1-3-27-19(12-29-11-15-6-7-16(22)10-18(15)23)25-26-21(27)30-13-20(28)24-17-8-4-14(2)5-9-17/h4-10H,3,11-13H2,1-2H3,(H,24,28). The fourth-order valence-electron chi connectivity index (χ4n) is 2.71. The minimum Gasteiger partial charge on any atom is -0.325 e. The molecule has 0 atom stereocenters.